The van der Waals surface area contributed by atoms with E-state index < -0.39 is 0 Å². The van der Waals surface area contributed by atoms with Crippen molar-refractivity contribution in [1.82, 2.24) is 20.1 Å². The Morgan fingerprint density at radius 2 is 1.97 bits per heavy atom. The normalized spacial score (nSPS) is 11.9. The number of benzene rings is 2. The molecule has 0 fully saturated rings. The van der Waals surface area contributed by atoms with Crippen molar-refractivity contribution >= 4 is 40.9 Å². The number of nitrogens with one attached hydrogen (secondary N) is 1. The van der Waals surface area contributed by atoms with Crippen LogP contribution in [0.5, 0.6) is 5.75 Å². The molecular weight excluding hydrogens is 431 g/mol. The Hall–Kier alpha value is -2.22. The van der Waals surface area contributed by atoms with Gasteiger partial charge in [-0.15, -0.1) is 10.2 Å². The second kappa shape index (κ2) is 10.0. The standard InChI is InChI=1S/C20H20Cl2N4O2S/c1-13(28-17-9-8-15(21)10-16(17)22)19-24-25-20(26(19)2)29-12-18(27)23-11-14-6-4-3-5-7-14/h3-10,13H,11-12H2,1-2H3,(H,23,27). The van der Waals surface area contributed by atoms with E-state index in [0.29, 0.717) is 33.3 Å². The summed E-state index contributed by atoms with van der Waals surface area (Å²) in [6.45, 7) is 2.35. The van der Waals surface area contributed by atoms with Crippen LogP contribution in [0.15, 0.2) is 53.7 Å². The number of amides is 1. The van der Waals surface area contributed by atoms with Crippen molar-refractivity contribution < 1.29 is 9.53 Å². The number of aromatic nitrogens is 3. The van der Waals surface area contributed by atoms with Crippen molar-refractivity contribution in [2.45, 2.75) is 24.7 Å². The molecule has 0 spiro atoms. The van der Waals surface area contributed by atoms with Gasteiger partial charge >= 0.3 is 0 Å². The van der Waals surface area contributed by atoms with Gasteiger partial charge in [-0.25, -0.2) is 0 Å². The summed E-state index contributed by atoms with van der Waals surface area (Å²) in [7, 11) is 1.84. The number of carbonyl (C=O) groups is 1. The molecule has 0 aliphatic carbocycles. The van der Waals surface area contributed by atoms with Crippen LogP contribution in [0.3, 0.4) is 0 Å². The fourth-order valence-electron chi connectivity index (χ4n) is 2.60. The van der Waals surface area contributed by atoms with Gasteiger partial charge in [-0.1, -0.05) is 65.3 Å². The Bertz CT molecular complexity index is 982. The molecule has 1 atom stereocenters. The zero-order valence-corrected chi connectivity index (χ0v) is 18.3. The zero-order valence-electron chi connectivity index (χ0n) is 15.9. The van der Waals surface area contributed by atoms with Gasteiger partial charge in [0.25, 0.3) is 0 Å². The lowest BCUT2D eigenvalue weighted by molar-refractivity contribution is -0.118. The summed E-state index contributed by atoms with van der Waals surface area (Å²) in [6.07, 6.45) is -0.382. The van der Waals surface area contributed by atoms with E-state index in [1.165, 1.54) is 11.8 Å². The number of nitrogens with zero attached hydrogens (tertiary/aromatic N) is 3. The maximum atomic E-state index is 12.1. The summed E-state index contributed by atoms with van der Waals surface area (Å²) in [6, 6.07) is 14.8. The Balaban J connectivity index is 1.55. The van der Waals surface area contributed by atoms with Crippen molar-refractivity contribution in [3.05, 3.63) is 70.0 Å². The monoisotopic (exact) mass is 450 g/mol. The van der Waals surface area contributed by atoms with Gasteiger partial charge in [0, 0.05) is 18.6 Å². The second-order valence-corrected chi connectivity index (χ2v) is 8.07. The molecule has 152 valence electrons. The van der Waals surface area contributed by atoms with Crippen LogP contribution in [0.4, 0.5) is 0 Å². The lowest BCUT2D eigenvalue weighted by atomic mass is 10.2. The Kier molecular flexibility index (Phi) is 7.41. The highest BCUT2D eigenvalue weighted by molar-refractivity contribution is 7.99. The van der Waals surface area contributed by atoms with Crippen molar-refractivity contribution in [3.8, 4) is 5.75 Å². The van der Waals surface area contributed by atoms with Crippen molar-refractivity contribution in [1.29, 1.82) is 0 Å². The van der Waals surface area contributed by atoms with Gasteiger partial charge in [-0.2, -0.15) is 0 Å². The third-order valence-electron chi connectivity index (χ3n) is 4.09. The van der Waals surface area contributed by atoms with Gasteiger partial charge in [0.2, 0.25) is 5.91 Å². The molecule has 9 heteroatoms. The summed E-state index contributed by atoms with van der Waals surface area (Å²) >= 11 is 13.4. The number of rotatable bonds is 8. The van der Waals surface area contributed by atoms with Gasteiger partial charge in [-0.05, 0) is 30.7 Å². The maximum Gasteiger partial charge on any atom is 0.230 e. The van der Waals surface area contributed by atoms with Crippen LogP contribution in [-0.2, 0) is 18.4 Å². The van der Waals surface area contributed by atoms with Crippen LogP contribution < -0.4 is 10.1 Å². The van der Waals surface area contributed by atoms with Crippen LogP contribution in [0.25, 0.3) is 0 Å². The lowest BCUT2D eigenvalue weighted by Gasteiger charge is -2.15. The summed E-state index contributed by atoms with van der Waals surface area (Å²) in [5.41, 5.74) is 1.05. The number of carbonyl (C=O) groups excluding carboxylic acids is 1. The maximum absolute atomic E-state index is 12.1. The molecule has 1 amide bonds. The fourth-order valence-corrected chi connectivity index (χ4v) is 3.80. The van der Waals surface area contributed by atoms with Gasteiger partial charge in [0.05, 0.1) is 10.8 Å². The van der Waals surface area contributed by atoms with E-state index in [9.17, 15) is 4.79 Å². The molecule has 0 aliphatic heterocycles. The highest BCUT2D eigenvalue weighted by Gasteiger charge is 2.19. The SMILES string of the molecule is CC(Oc1ccc(Cl)cc1Cl)c1nnc(SCC(=O)NCc2ccccc2)n1C. The number of hydrogen-bond acceptors (Lipinski definition) is 5. The molecule has 3 aromatic rings. The van der Waals surface area contributed by atoms with Gasteiger partial charge < -0.3 is 14.6 Å². The van der Waals surface area contributed by atoms with E-state index in [0.717, 1.165) is 5.56 Å². The van der Waals surface area contributed by atoms with Crippen LogP contribution in [0.2, 0.25) is 10.0 Å². The molecule has 0 saturated heterocycles. The van der Waals surface area contributed by atoms with Crippen LogP contribution in [0, 0.1) is 0 Å². The number of hydrogen-bond donors (Lipinski definition) is 1. The first-order chi connectivity index (χ1) is 13.9. The molecule has 1 unspecified atom stereocenters. The fraction of sp³-hybridized carbons (Fsp3) is 0.250. The highest BCUT2D eigenvalue weighted by Crippen LogP contribution is 2.31. The molecule has 1 aromatic heterocycles. The van der Waals surface area contributed by atoms with E-state index in [1.807, 2.05) is 48.9 Å². The van der Waals surface area contributed by atoms with E-state index in [1.54, 1.807) is 18.2 Å². The average Bonchev–Trinajstić information content (AvgIpc) is 3.08. The van der Waals surface area contributed by atoms with Crippen molar-refractivity contribution in [3.63, 3.8) is 0 Å². The Labute approximate surface area is 183 Å². The van der Waals surface area contributed by atoms with Gasteiger partial charge in [0.15, 0.2) is 17.1 Å². The summed E-state index contributed by atoms with van der Waals surface area (Å²) in [4.78, 5) is 12.1. The number of ether oxygens (including phenoxy) is 1. The van der Waals surface area contributed by atoms with E-state index in [2.05, 4.69) is 15.5 Å². The third-order valence-corrected chi connectivity index (χ3v) is 5.65. The topological polar surface area (TPSA) is 69.0 Å². The van der Waals surface area contributed by atoms with Crippen LogP contribution in [0.1, 0.15) is 24.4 Å². The minimum Gasteiger partial charge on any atom is -0.481 e. The van der Waals surface area contributed by atoms with E-state index in [4.69, 9.17) is 27.9 Å². The summed E-state index contributed by atoms with van der Waals surface area (Å²) in [5, 5.41) is 12.9. The molecule has 29 heavy (non-hydrogen) atoms. The lowest BCUT2D eigenvalue weighted by Crippen LogP contribution is -2.24. The number of thioether (sulfide) groups is 1. The molecule has 3 rings (SSSR count). The average molecular weight is 451 g/mol. The molecule has 2 aromatic carbocycles. The molecule has 1 heterocycles. The first-order valence-corrected chi connectivity index (χ1v) is 10.6. The van der Waals surface area contributed by atoms with E-state index >= 15 is 0 Å². The van der Waals surface area contributed by atoms with Gasteiger partial charge in [-0.3, -0.25) is 4.79 Å². The molecule has 0 radical (unpaired) electrons. The highest BCUT2D eigenvalue weighted by atomic mass is 35.5. The van der Waals surface area contributed by atoms with Crippen molar-refractivity contribution in [2.24, 2.45) is 7.05 Å². The van der Waals surface area contributed by atoms with Crippen LogP contribution >= 0.6 is 35.0 Å². The minimum absolute atomic E-state index is 0.0688. The molecule has 6 nitrogen and oxygen atoms in total. The molecule has 0 aliphatic rings. The largest absolute Gasteiger partial charge is 0.481 e. The first-order valence-electron chi connectivity index (χ1n) is 8.88. The molecule has 0 bridgehead atoms. The zero-order chi connectivity index (χ0) is 20.8. The first kappa shape index (κ1) is 21.5. The second-order valence-electron chi connectivity index (χ2n) is 6.29. The smallest absolute Gasteiger partial charge is 0.230 e. The Morgan fingerprint density at radius 1 is 1.21 bits per heavy atom. The van der Waals surface area contributed by atoms with Crippen molar-refractivity contribution in [2.75, 3.05) is 5.75 Å². The minimum atomic E-state index is -0.382. The number of halogens is 2. The van der Waals surface area contributed by atoms with E-state index in [-0.39, 0.29) is 17.8 Å². The summed E-state index contributed by atoms with van der Waals surface area (Å²) in [5.74, 6) is 1.32. The molecular formula is C20H20Cl2N4O2S. The third kappa shape index (κ3) is 5.88. The molecule has 0 saturated carbocycles. The predicted octanol–water partition coefficient (Wildman–Crippen LogP) is 4.67. The summed E-state index contributed by atoms with van der Waals surface area (Å²) < 4.78 is 7.70. The van der Waals surface area contributed by atoms with Gasteiger partial charge in [0.1, 0.15) is 5.75 Å². The predicted molar refractivity (Wildman–Crippen MR) is 116 cm³/mol. The quantitative estimate of drug-likeness (QED) is 0.504. The van der Waals surface area contributed by atoms with Crippen LogP contribution in [-0.4, -0.2) is 26.4 Å². The Morgan fingerprint density at radius 3 is 2.69 bits per heavy atom. The molecule has 1 N–H and O–H groups in total.